The zero-order valence-electron chi connectivity index (χ0n) is 10.5. The van der Waals surface area contributed by atoms with Gasteiger partial charge in [0.2, 0.25) is 0 Å². The molecule has 0 bridgehead atoms. The molecule has 1 aliphatic rings. The number of hydrogen-bond donors (Lipinski definition) is 1. The second-order valence-electron chi connectivity index (χ2n) is 5.13. The maximum atomic E-state index is 4.55. The molecule has 0 saturated carbocycles. The largest absolute Gasteiger partial charge is 0.316 e. The Morgan fingerprint density at radius 1 is 1.41 bits per heavy atom. The lowest BCUT2D eigenvalue weighted by Crippen LogP contribution is -2.15. The summed E-state index contributed by atoms with van der Waals surface area (Å²) >= 11 is 0. The monoisotopic (exact) mass is 229 g/mol. The van der Waals surface area contributed by atoms with Gasteiger partial charge >= 0.3 is 0 Å². The second-order valence-corrected chi connectivity index (χ2v) is 5.13. The van der Waals surface area contributed by atoms with Crippen LogP contribution in [0.1, 0.15) is 17.5 Å². The fourth-order valence-corrected chi connectivity index (χ4v) is 2.66. The van der Waals surface area contributed by atoms with Crippen LogP contribution in [0, 0.1) is 19.8 Å². The van der Waals surface area contributed by atoms with Gasteiger partial charge in [0.25, 0.3) is 0 Å². The predicted molar refractivity (Wildman–Crippen MR) is 70.2 cm³/mol. The molecule has 1 saturated heterocycles. The van der Waals surface area contributed by atoms with Crippen molar-refractivity contribution >= 4 is 10.9 Å². The van der Waals surface area contributed by atoms with E-state index in [2.05, 4.69) is 41.1 Å². The molecule has 90 valence electrons. The molecule has 1 atom stereocenters. The number of hydrogen-bond acceptors (Lipinski definition) is 2. The van der Waals surface area contributed by atoms with E-state index >= 15 is 0 Å². The maximum Gasteiger partial charge on any atom is 0.0685 e. The molecule has 0 radical (unpaired) electrons. The molecule has 1 unspecified atom stereocenters. The Hall–Kier alpha value is -1.35. The van der Waals surface area contributed by atoms with E-state index in [-0.39, 0.29) is 0 Å². The Balaban J connectivity index is 1.97. The highest BCUT2D eigenvalue weighted by atomic mass is 15.3. The standard InChI is InChI=1S/C14H19N3/c1-10-3-4-14-13(11(10)2)8-16-17(14)9-12-5-6-15-7-12/h3-4,8,12,15H,5-7,9H2,1-2H3. The van der Waals surface area contributed by atoms with E-state index in [1.807, 2.05) is 6.20 Å². The highest BCUT2D eigenvalue weighted by Gasteiger charge is 2.16. The first-order valence-electron chi connectivity index (χ1n) is 6.38. The van der Waals surface area contributed by atoms with Gasteiger partial charge in [0, 0.05) is 11.9 Å². The number of rotatable bonds is 2. The highest BCUT2D eigenvalue weighted by molar-refractivity contribution is 5.83. The normalized spacial score (nSPS) is 20.2. The van der Waals surface area contributed by atoms with Crippen molar-refractivity contribution in [3.63, 3.8) is 0 Å². The number of fused-ring (bicyclic) bond motifs is 1. The van der Waals surface area contributed by atoms with Crippen LogP contribution in [-0.4, -0.2) is 22.9 Å². The van der Waals surface area contributed by atoms with E-state index in [0.717, 1.165) is 25.6 Å². The summed E-state index contributed by atoms with van der Waals surface area (Å²) in [5.74, 6) is 0.736. The van der Waals surface area contributed by atoms with E-state index in [4.69, 9.17) is 0 Å². The topological polar surface area (TPSA) is 29.9 Å². The van der Waals surface area contributed by atoms with Gasteiger partial charge in [-0.25, -0.2) is 0 Å². The van der Waals surface area contributed by atoms with Crippen LogP contribution in [0.25, 0.3) is 10.9 Å². The molecular formula is C14H19N3. The average molecular weight is 229 g/mol. The minimum atomic E-state index is 0.736. The van der Waals surface area contributed by atoms with E-state index in [1.54, 1.807) is 0 Å². The third-order valence-corrected chi connectivity index (χ3v) is 3.96. The third kappa shape index (κ3) is 1.84. The van der Waals surface area contributed by atoms with E-state index in [0.29, 0.717) is 0 Å². The molecule has 1 N–H and O–H groups in total. The van der Waals surface area contributed by atoms with Crippen molar-refractivity contribution in [1.29, 1.82) is 0 Å². The third-order valence-electron chi connectivity index (χ3n) is 3.96. The van der Waals surface area contributed by atoms with Gasteiger partial charge in [-0.05, 0) is 56.5 Å². The summed E-state index contributed by atoms with van der Waals surface area (Å²) in [6.07, 6.45) is 3.28. The van der Waals surface area contributed by atoms with Crippen molar-refractivity contribution in [3.05, 3.63) is 29.5 Å². The van der Waals surface area contributed by atoms with E-state index < -0.39 is 0 Å². The SMILES string of the molecule is Cc1ccc2c(cnn2CC2CCNC2)c1C. The van der Waals surface area contributed by atoms with Gasteiger partial charge < -0.3 is 5.32 Å². The Morgan fingerprint density at radius 3 is 3.06 bits per heavy atom. The van der Waals surface area contributed by atoms with Crippen molar-refractivity contribution in [2.45, 2.75) is 26.8 Å². The lowest BCUT2D eigenvalue weighted by molar-refractivity contribution is 0.459. The van der Waals surface area contributed by atoms with Crippen LogP contribution in [0.4, 0.5) is 0 Å². The zero-order valence-corrected chi connectivity index (χ0v) is 10.5. The molecular weight excluding hydrogens is 210 g/mol. The van der Waals surface area contributed by atoms with Gasteiger partial charge in [-0.15, -0.1) is 0 Å². The van der Waals surface area contributed by atoms with Gasteiger partial charge in [0.05, 0.1) is 11.7 Å². The Kier molecular flexibility index (Phi) is 2.63. The van der Waals surface area contributed by atoms with Gasteiger partial charge in [-0.3, -0.25) is 4.68 Å². The molecule has 3 nitrogen and oxygen atoms in total. The summed E-state index contributed by atoms with van der Waals surface area (Å²) < 4.78 is 2.17. The number of nitrogens with one attached hydrogen (secondary N) is 1. The zero-order chi connectivity index (χ0) is 11.8. The van der Waals surface area contributed by atoms with Crippen LogP contribution in [0.15, 0.2) is 18.3 Å². The molecule has 0 aliphatic carbocycles. The number of nitrogens with zero attached hydrogens (tertiary/aromatic N) is 2. The van der Waals surface area contributed by atoms with Crippen LogP contribution in [0.5, 0.6) is 0 Å². The summed E-state index contributed by atoms with van der Waals surface area (Å²) in [5, 5.41) is 9.26. The minimum Gasteiger partial charge on any atom is -0.316 e. The second kappa shape index (κ2) is 4.15. The quantitative estimate of drug-likeness (QED) is 0.856. The van der Waals surface area contributed by atoms with Crippen molar-refractivity contribution in [2.24, 2.45) is 5.92 Å². The van der Waals surface area contributed by atoms with Gasteiger partial charge in [-0.2, -0.15) is 5.10 Å². The first-order valence-corrected chi connectivity index (χ1v) is 6.38. The Bertz CT molecular complexity index is 536. The summed E-state index contributed by atoms with van der Waals surface area (Å²) in [5.41, 5.74) is 3.98. The molecule has 3 heteroatoms. The Labute approximate surface area is 102 Å². The molecule has 3 rings (SSSR count). The summed E-state index contributed by atoms with van der Waals surface area (Å²) in [6.45, 7) is 7.67. The summed E-state index contributed by atoms with van der Waals surface area (Å²) in [4.78, 5) is 0. The Morgan fingerprint density at radius 2 is 2.29 bits per heavy atom. The lowest BCUT2D eigenvalue weighted by Gasteiger charge is -2.10. The lowest BCUT2D eigenvalue weighted by atomic mass is 10.1. The molecule has 1 aromatic carbocycles. The molecule has 2 heterocycles. The summed E-state index contributed by atoms with van der Waals surface area (Å²) in [7, 11) is 0. The highest BCUT2D eigenvalue weighted by Crippen LogP contribution is 2.22. The average Bonchev–Trinajstić information content (AvgIpc) is 2.95. The van der Waals surface area contributed by atoms with Crippen molar-refractivity contribution in [3.8, 4) is 0 Å². The van der Waals surface area contributed by atoms with Gasteiger partial charge in [0.1, 0.15) is 0 Å². The molecule has 1 aliphatic heterocycles. The smallest absolute Gasteiger partial charge is 0.0685 e. The van der Waals surface area contributed by atoms with Crippen LogP contribution in [0.3, 0.4) is 0 Å². The van der Waals surface area contributed by atoms with Crippen molar-refractivity contribution in [1.82, 2.24) is 15.1 Å². The van der Waals surface area contributed by atoms with Gasteiger partial charge in [-0.1, -0.05) is 6.07 Å². The van der Waals surface area contributed by atoms with Crippen molar-refractivity contribution in [2.75, 3.05) is 13.1 Å². The molecule has 17 heavy (non-hydrogen) atoms. The number of aryl methyl sites for hydroxylation is 2. The van der Waals surface area contributed by atoms with E-state index in [1.165, 1.54) is 28.5 Å². The molecule has 1 fully saturated rings. The van der Waals surface area contributed by atoms with Crippen LogP contribution >= 0.6 is 0 Å². The fraction of sp³-hybridized carbons (Fsp3) is 0.500. The van der Waals surface area contributed by atoms with Crippen LogP contribution in [0.2, 0.25) is 0 Å². The number of benzene rings is 1. The first-order chi connectivity index (χ1) is 8.25. The molecule has 0 spiro atoms. The molecule has 2 aromatic rings. The number of aromatic nitrogens is 2. The van der Waals surface area contributed by atoms with Crippen LogP contribution in [-0.2, 0) is 6.54 Å². The fourth-order valence-electron chi connectivity index (χ4n) is 2.66. The van der Waals surface area contributed by atoms with Crippen molar-refractivity contribution < 1.29 is 0 Å². The van der Waals surface area contributed by atoms with E-state index in [9.17, 15) is 0 Å². The molecule has 0 amide bonds. The van der Waals surface area contributed by atoms with Gasteiger partial charge in [0.15, 0.2) is 0 Å². The van der Waals surface area contributed by atoms with Crippen LogP contribution < -0.4 is 5.32 Å². The molecule has 1 aromatic heterocycles. The maximum absolute atomic E-state index is 4.55. The predicted octanol–water partition coefficient (Wildman–Crippen LogP) is 2.26. The summed E-state index contributed by atoms with van der Waals surface area (Å²) in [6, 6.07) is 4.40. The minimum absolute atomic E-state index is 0.736. The first kappa shape index (κ1) is 10.8.